The maximum Gasteiger partial charge on any atom is 0.318 e. The minimum atomic E-state index is -0.354. The molecule has 4 aliphatic rings. The molecule has 1 atom stereocenters. The van der Waals surface area contributed by atoms with E-state index in [1.807, 2.05) is 24.3 Å². The summed E-state index contributed by atoms with van der Waals surface area (Å²) in [4.78, 5) is 15.8. The molecule has 0 N–H and O–H groups in total. The second kappa shape index (κ2) is 6.40. The first-order chi connectivity index (χ1) is 12.8. The Morgan fingerprint density at radius 1 is 0.885 bits per heavy atom. The smallest absolute Gasteiger partial charge is 0.318 e. The van der Waals surface area contributed by atoms with Crippen molar-refractivity contribution in [3.05, 3.63) is 70.8 Å². The first-order valence-corrected chi connectivity index (χ1v) is 9.58. The van der Waals surface area contributed by atoms with Crippen LogP contribution in [0.3, 0.4) is 0 Å². The summed E-state index contributed by atoms with van der Waals surface area (Å²) >= 11 is 0. The van der Waals surface area contributed by atoms with Gasteiger partial charge in [-0.15, -0.1) is 0 Å². The largest absolute Gasteiger partial charge is 0.460 e. The molecule has 0 amide bonds. The summed E-state index contributed by atoms with van der Waals surface area (Å²) in [6.45, 7) is 3.19. The summed E-state index contributed by atoms with van der Waals surface area (Å²) in [5.74, 6) is 0.0681. The van der Waals surface area contributed by atoms with Gasteiger partial charge in [-0.2, -0.15) is 0 Å². The molecule has 2 aromatic carbocycles. The topological polar surface area (TPSA) is 29.5 Å². The predicted molar refractivity (Wildman–Crippen MR) is 103 cm³/mol. The van der Waals surface area contributed by atoms with Gasteiger partial charge >= 0.3 is 5.97 Å². The number of hydrogen-bond donors (Lipinski definition) is 0. The van der Waals surface area contributed by atoms with Gasteiger partial charge in [0, 0.05) is 6.54 Å². The van der Waals surface area contributed by atoms with Crippen LogP contribution < -0.4 is 0 Å². The molecule has 3 heteroatoms. The molecular weight excluding hydrogens is 322 g/mol. The molecule has 3 saturated heterocycles. The molecule has 1 aliphatic carbocycles. The van der Waals surface area contributed by atoms with Crippen molar-refractivity contribution in [2.75, 3.05) is 19.6 Å². The summed E-state index contributed by atoms with van der Waals surface area (Å²) in [6.07, 6.45) is 6.56. The van der Waals surface area contributed by atoms with Crippen LogP contribution in [0.15, 0.2) is 48.5 Å². The van der Waals surface area contributed by atoms with Crippen LogP contribution in [0, 0.1) is 5.92 Å². The van der Waals surface area contributed by atoms with E-state index >= 15 is 0 Å². The van der Waals surface area contributed by atoms with Crippen LogP contribution in [0.1, 0.15) is 41.0 Å². The fourth-order valence-corrected chi connectivity index (χ4v) is 4.71. The Bertz CT molecular complexity index is 815. The number of piperidine rings is 3. The highest BCUT2D eigenvalue weighted by atomic mass is 16.5. The van der Waals surface area contributed by atoms with Gasteiger partial charge in [-0.3, -0.25) is 9.69 Å². The van der Waals surface area contributed by atoms with Gasteiger partial charge in [0.2, 0.25) is 0 Å². The summed E-state index contributed by atoms with van der Waals surface area (Å²) < 4.78 is 6.13. The highest BCUT2D eigenvalue weighted by Crippen LogP contribution is 2.37. The average molecular weight is 345 g/mol. The highest BCUT2D eigenvalue weighted by molar-refractivity contribution is 5.89. The lowest BCUT2D eigenvalue weighted by molar-refractivity contribution is -0.159. The van der Waals surface area contributed by atoms with Crippen molar-refractivity contribution in [1.29, 1.82) is 0 Å². The monoisotopic (exact) mass is 345 g/mol. The minimum absolute atomic E-state index is 0.0422. The van der Waals surface area contributed by atoms with Gasteiger partial charge in [0.05, 0.1) is 0 Å². The Morgan fingerprint density at radius 2 is 1.46 bits per heavy atom. The molecule has 3 aliphatic heterocycles. The molecule has 0 aromatic heterocycles. The lowest BCUT2D eigenvalue weighted by Gasteiger charge is -2.44. The number of benzene rings is 2. The van der Waals surface area contributed by atoms with Gasteiger partial charge < -0.3 is 4.74 Å². The van der Waals surface area contributed by atoms with E-state index in [9.17, 15) is 4.79 Å². The summed E-state index contributed by atoms with van der Waals surface area (Å²) in [6, 6.07) is 16.3. The van der Waals surface area contributed by atoms with E-state index in [1.54, 1.807) is 0 Å². The number of rotatable bonds is 2. The number of nitrogens with zero attached hydrogens (tertiary/aromatic N) is 1. The molecule has 2 aromatic rings. The van der Waals surface area contributed by atoms with Crippen LogP contribution in [0.5, 0.6) is 0 Å². The molecule has 0 unspecified atom stereocenters. The number of esters is 1. The zero-order chi connectivity index (χ0) is 17.5. The zero-order valence-electron chi connectivity index (χ0n) is 14.8. The van der Waals surface area contributed by atoms with Crippen molar-refractivity contribution in [3.63, 3.8) is 0 Å². The third kappa shape index (κ3) is 2.67. The second-order valence-corrected chi connectivity index (χ2v) is 7.64. The fourth-order valence-electron chi connectivity index (χ4n) is 4.71. The van der Waals surface area contributed by atoms with E-state index in [0.29, 0.717) is 5.92 Å². The lowest BCUT2D eigenvalue weighted by Crippen LogP contribution is -2.52. The predicted octanol–water partition coefficient (Wildman–Crippen LogP) is 3.94. The van der Waals surface area contributed by atoms with Crippen molar-refractivity contribution in [2.45, 2.75) is 24.9 Å². The molecule has 3 heterocycles. The number of carbonyl (C=O) groups is 1. The Balaban J connectivity index is 1.51. The van der Waals surface area contributed by atoms with E-state index in [4.69, 9.17) is 4.74 Å². The van der Waals surface area contributed by atoms with E-state index in [0.717, 1.165) is 54.7 Å². The summed E-state index contributed by atoms with van der Waals surface area (Å²) in [5, 5.41) is 0. The summed E-state index contributed by atoms with van der Waals surface area (Å²) in [7, 11) is 0. The van der Waals surface area contributed by atoms with Crippen molar-refractivity contribution < 1.29 is 9.53 Å². The van der Waals surface area contributed by atoms with Crippen LogP contribution in [0.4, 0.5) is 0 Å². The van der Waals surface area contributed by atoms with Crippen LogP contribution in [0.2, 0.25) is 0 Å². The molecular formula is C23H23NO2. The molecule has 0 spiro atoms. The Labute approximate surface area is 154 Å². The molecule has 3 nitrogen and oxygen atoms in total. The van der Waals surface area contributed by atoms with Gasteiger partial charge in [-0.1, -0.05) is 60.7 Å². The molecule has 6 rings (SSSR count). The first kappa shape index (κ1) is 15.8. The molecule has 26 heavy (non-hydrogen) atoms. The quantitative estimate of drug-likeness (QED) is 0.772. The zero-order valence-corrected chi connectivity index (χ0v) is 14.8. The van der Waals surface area contributed by atoms with Crippen LogP contribution in [-0.4, -0.2) is 36.6 Å². The highest BCUT2D eigenvalue weighted by Gasteiger charge is 2.38. The number of fused-ring (bicyclic) bond motifs is 5. The fraction of sp³-hybridized carbons (Fsp3) is 0.348. The van der Waals surface area contributed by atoms with Crippen molar-refractivity contribution >= 4 is 18.1 Å². The van der Waals surface area contributed by atoms with Crippen molar-refractivity contribution in [1.82, 2.24) is 4.90 Å². The minimum Gasteiger partial charge on any atom is -0.460 e. The van der Waals surface area contributed by atoms with E-state index in [-0.39, 0.29) is 18.0 Å². The van der Waals surface area contributed by atoms with Crippen LogP contribution in [0.25, 0.3) is 12.2 Å². The maximum atomic E-state index is 13.4. The SMILES string of the molecule is O=C(O[C@H]1CN2CCC1CC2)C1c2ccccc2C=Cc2ccccc21. The van der Waals surface area contributed by atoms with Gasteiger partial charge in [-0.25, -0.2) is 0 Å². The third-order valence-electron chi connectivity index (χ3n) is 6.16. The maximum absolute atomic E-state index is 13.4. The first-order valence-electron chi connectivity index (χ1n) is 9.58. The average Bonchev–Trinajstić information content (AvgIpc) is 2.86. The van der Waals surface area contributed by atoms with E-state index < -0.39 is 0 Å². The van der Waals surface area contributed by atoms with Gasteiger partial charge in [0.1, 0.15) is 12.0 Å². The Kier molecular flexibility index (Phi) is 3.90. The summed E-state index contributed by atoms with van der Waals surface area (Å²) in [5.41, 5.74) is 4.28. The Morgan fingerprint density at radius 3 is 2.00 bits per heavy atom. The van der Waals surface area contributed by atoms with Gasteiger partial charge in [-0.05, 0) is 54.1 Å². The van der Waals surface area contributed by atoms with Crippen molar-refractivity contribution in [3.8, 4) is 0 Å². The third-order valence-corrected chi connectivity index (χ3v) is 6.16. The lowest BCUT2D eigenvalue weighted by atomic mass is 9.85. The Hall–Kier alpha value is -2.39. The van der Waals surface area contributed by atoms with Gasteiger partial charge in [0.15, 0.2) is 0 Å². The normalized spacial score (nSPS) is 26.7. The molecule has 2 bridgehead atoms. The standard InChI is InChI=1S/C23H23NO2/c25-23(26-21-15-24-13-11-18(21)12-14-24)22-19-7-3-1-5-16(19)9-10-17-6-2-4-8-20(17)22/h1-10,18,21-22H,11-15H2/t21-/m0/s1. The number of carbonyl (C=O) groups excluding carboxylic acids is 1. The van der Waals surface area contributed by atoms with E-state index in [1.165, 1.54) is 0 Å². The number of ether oxygens (including phenoxy) is 1. The van der Waals surface area contributed by atoms with Gasteiger partial charge in [0.25, 0.3) is 0 Å². The second-order valence-electron chi connectivity index (χ2n) is 7.64. The van der Waals surface area contributed by atoms with E-state index in [2.05, 4.69) is 41.3 Å². The molecule has 0 radical (unpaired) electrons. The molecule has 0 saturated carbocycles. The number of hydrogen-bond acceptors (Lipinski definition) is 3. The van der Waals surface area contributed by atoms with Crippen LogP contribution >= 0.6 is 0 Å². The van der Waals surface area contributed by atoms with Crippen molar-refractivity contribution in [2.24, 2.45) is 5.92 Å². The molecule has 3 fully saturated rings. The van der Waals surface area contributed by atoms with Crippen LogP contribution in [-0.2, 0) is 9.53 Å². The molecule has 132 valence electrons.